The molecule has 0 radical (unpaired) electrons. The van der Waals surface area contributed by atoms with Crippen LogP contribution in [0.4, 0.5) is 0 Å². The number of rotatable bonds is 37. The molecular formula is C44H80O3. The van der Waals surface area contributed by atoms with Crippen molar-refractivity contribution in [3.05, 3.63) is 29.8 Å². The van der Waals surface area contributed by atoms with Gasteiger partial charge in [0.15, 0.2) is 0 Å². The highest BCUT2D eigenvalue weighted by atomic mass is 16.5. The molecule has 0 fully saturated rings. The molecule has 0 spiro atoms. The maximum Gasteiger partial charge on any atom is 0.306 e. The molecule has 47 heavy (non-hydrogen) atoms. The Bertz CT molecular complexity index is 773. The van der Waals surface area contributed by atoms with Gasteiger partial charge in [0.25, 0.3) is 0 Å². The Balaban J connectivity index is 1.96. The van der Waals surface area contributed by atoms with Crippen LogP contribution in [-0.2, 0) is 11.2 Å². The molecule has 0 heterocycles. The third-order valence-electron chi connectivity index (χ3n) is 10.2. The number of aryl methyl sites for hydroxylation is 1. The first-order valence-corrected chi connectivity index (χ1v) is 21.1. The first-order chi connectivity index (χ1) is 23.2. The molecule has 0 saturated heterocycles. The van der Waals surface area contributed by atoms with Gasteiger partial charge in [-0.3, -0.25) is 4.79 Å². The molecule has 1 rings (SSSR count). The van der Waals surface area contributed by atoms with Crippen molar-refractivity contribution in [2.24, 2.45) is 5.92 Å². The average molecular weight is 657 g/mol. The van der Waals surface area contributed by atoms with E-state index in [9.17, 15) is 9.90 Å². The average Bonchev–Trinajstić information content (AvgIpc) is 3.08. The van der Waals surface area contributed by atoms with Crippen molar-refractivity contribution in [2.75, 3.05) is 6.61 Å². The van der Waals surface area contributed by atoms with Crippen LogP contribution in [0.3, 0.4) is 0 Å². The van der Waals surface area contributed by atoms with E-state index in [0.717, 1.165) is 44.5 Å². The molecule has 1 N–H and O–H groups in total. The zero-order valence-electron chi connectivity index (χ0n) is 31.7. The molecule has 0 aliphatic carbocycles. The molecule has 0 aliphatic heterocycles. The van der Waals surface area contributed by atoms with Crippen LogP contribution in [0.1, 0.15) is 225 Å². The summed E-state index contributed by atoms with van der Waals surface area (Å²) in [5.41, 5.74) is 1.21. The Morgan fingerprint density at radius 1 is 0.489 bits per heavy atom. The molecule has 0 aromatic heterocycles. The maximum absolute atomic E-state index is 11.9. The van der Waals surface area contributed by atoms with Gasteiger partial charge >= 0.3 is 5.97 Å². The number of benzene rings is 1. The van der Waals surface area contributed by atoms with Gasteiger partial charge in [-0.05, 0) is 43.4 Å². The van der Waals surface area contributed by atoms with Gasteiger partial charge in [-0.1, -0.05) is 212 Å². The lowest BCUT2D eigenvalue weighted by molar-refractivity contribution is -0.142. The summed E-state index contributed by atoms with van der Waals surface area (Å²) in [6.45, 7) is 5.36. The fraction of sp³-hybridized carbons (Fsp3) is 0.841. The van der Waals surface area contributed by atoms with Gasteiger partial charge in [-0.15, -0.1) is 0 Å². The third-order valence-corrected chi connectivity index (χ3v) is 10.2. The molecule has 1 aromatic rings. The molecule has 0 amide bonds. The molecular weight excluding hydrogens is 576 g/mol. The van der Waals surface area contributed by atoms with Crippen molar-refractivity contribution >= 4 is 5.97 Å². The van der Waals surface area contributed by atoms with E-state index in [1.54, 1.807) is 0 Å². The van der Waals surface area contributed by atoms with E-state index >= 15 is 0 Å². The van der Waals surface area contributed by atoms with Crippen LogP contribution in [0.5, 0.6) is 5.75 Å². The Labute approximate surface area is 293 Å². The highest BCUT2D eigenvalue weighted by molar-refractivity contribution is 5.69. The number of carboxylic acids is 1. The summed E-state index contributed by atoms with van der Waals surface area (Å²) in [6.07, 6.45) is 43.2. The Kier molecular flexibility index (Phi) is 31.8. The minimum absolute atomic E-state index is 0.224. The van der Waals surface area contributed by atoms with Crippen LogP contribution in [0, 0.1) is 5.92 Å². The fourth-order valence-electron chi connectivity index (χ4n) is 6.91. The number of hydrogen-bond donors (Lipinski definition) is 1. The molecule has 1 atom stereocenters. The second-order valence-electron chi connectivity index (χ2n) is 14.8. The standard InChI is InChI=1S/C44H80O3/c1-3-5-7-9-11-13-15-17-19-20-22-24-26-28-30-32-40-47-43-38-35-41(36-39-43)34-37-42(44(45)46)33-31-29-27-25-23-21-18-16-14-12-10-8-6-4-2/h35-36,38-39,42H,3-34,37,40H2,1-2H3,(H,45,46). The number of carbonyl (C=O) groups is 1. The Morgan fingerprint density at radius 3 is 1.19 bits per heavy atom. The first-order valence-electron chi connectivity index (χ1n) is 21.1. The lowest BCUT2D eigenvalue weighted by Crippen LogP contribution is -2.14. The summed E-state index contributed by atoms with van der Waals surface area (Å²) in [4.78, 5) is 11.9. The van der Waals surface area contributed by atoms with E-state index in [0.29, 0.717) is 0 Å². The van der Waals surface area contributed by atoms with Gasteiger partial charge in [-0.2, -0.15) is 0 Å². The number of ether oxygens (including phenoxy) is 1. The van der Waals surface area contributed by atoms with E-state index in [1.807, 2.05) is 0 Å². The SMILES string of the molecule is CCCCCCCCCCCCCCCCCCOc1ccc(CCC(CCCCCCCCCCCCCCCC)C(=O)O)cc1. The van der Waals surface area contributed by atoms with Crippen LogP contribution >= 0.6 is 0 Å². The monoisotopic (exact) mass is 657 g/mol. The van der Waals surface area contributed by atoms with Crippen molar-refractivity contribution in [3.8, 4) is 5.75 Å². The Morgan fingerprint density at radius 2 is 0.830 bits per heavy atom. The molecule has 274 valence electrons. The van der Waals surface area contributed by atoms with E-state index < -0.39 is 5.97 Å². The molecule has 0 bridgehead atoms. The van der Waals surface area contributed by atoms with Gasteiger partial charge in [-0.25, -0.2) is 0 Å². The maximum atomic E-state index is 11.9. The highest BCUT2D eigenvalue weighted by Crippen LogP contribution is 2.21. The van der Waals surface area contributed by atoms with Gasteiger partial charge in [0, 0.05) is 0 Å². The van der Waals surface area contributed by atoms with Crippen molar-refractivity contribution < 1.29 is 14.6 Å². The largest absolute Gasteiger partial charge is 0.494 e. The summed E-state index contributed by atoms with van der Waals surface area (Å²) >= 11 is 0. The van der Waals surface area contributed by atoms with Crippen molar-refractivity contribution in [2.45, 2.75) is 226 Å². The van der Waals surface area contributed by atoms with Crippen LogP contribution in [0.2, 0.25) is 0 Å². The first kappa shape index (κ1) is 43.5. The van der Waals surface area contributed by atoms with Gasteiger partial charge in [0.1, 0.15) is 5.75 Å². The zero-order chi connectivity index (χ0) is 33.9. The van der Waals surface area contributed by atoms with Gasteiger partial charge in [0.2, 0.25) is 0 Å². The predicted octanol–water partition coefficient (Wildman–Crippen LogP) is 14.8. The number of unbranched alkanes of at least 4 members (excludes halogenated alkanes) is 28. The topological polar surface area (TPSA) is 46.5 Å². The molecule has 0 saturated carbocycles. The van der Waals surface area contributed by atoms with Crippen LogP contribution in [-0.4, -0.2) is 17.7 Å². The number of carboxylic acid groups (broad SMARTS) is 1. The summed E-state index contributed by atoms with van der Waals surface area (Å²) < 4.78 is 5.98. The van der Waals surface area contributed by atoms with E-state index in [4.69, 9.17) is 4.74 Å². The second kappa shape index (κ2) is 34.4. The molecule has 1 unspecified atom stereocenters. The van der Waals surface area contributed by atoms with Crippen LogP contribution < -0.4 is 4.74 Å². The summed E-state index contributed by atoms with van der Waals surface area (Å²) in [5.74, 6) is 0.0866. The lowest BCUT2D eigenvalue weighted by Gasteiger charge is -2.13. The molecule has 3 nitrogen and oxygen atoms in total. The second-order valence-corrected chi connectivity index (χ2v) is 14.8. The fourth-order valence-corrected chi connectivity index (χ4v) is 6.91. The summed E-state index contributed by atoms with van der Waals surface area (Å²) in [5, 5.41) is 9.75. The van der Waals surface area contributed by atoms with Crippen LogP contribution in [0.25, 0.3) is 0 Å². The smallest absolute Gasteiger partial charge is 0.306 e. The van der Waals surface area contributed by atoms with E-state index in [1.165, 1.54) is 185 Å². The number of hydrogen-bond acceptors (Lipinski definition) is 2. The Hall–Kier alpha value is -1.51. The van der Waals surface area contributed by atoms with Crippen molar-refractivity contribution in [1.82, 2.24) is 0 Å². The van der Waals surface area contributed by atoms with Crippen molar-refractivity contribution in [3.63, 3.8) is 0 Å². The molecule has 0 aliphatic rings. The predicted molar refractivity (Wildman–Crippen MR) is 206 cm³/mol. The lowest BCUT2D eigenvalue weighted by atomic mass is 9.93. The number of aliphatic carboxylic acids is 1. The quantitative estimate of drug-likeness (QED) is 0.0725. The van der Waals surface area contributed by atoms with E-state index in [2.05, 4.69) is 38.1 Å². The normalized spacial score (nSPS) is 12.0. The molecule has 1 aromatic carbocycles. The minimum Gasteiger partial charge on any atom is -0.494 e. The summed E-state index contributed by atoms with van der Waals surface area (Å²) in [7, 11) is 0. The van der Waals surface area contributed by atoms with Crippen molar-refractivity contribution in [1.29, 1.82) is 0 Å². The van der Waals surface area contributed by atoms with Crippen LogP contribution in [0.15, 0.2) is 24.3 Å². The van der Waals surface area contributed by atoms with E-state index in [-0.39, 0.29) is 5.92 Å². The highest BCUT2D eigenvalue weighted by Gasteiger charge is 2.16. The minimum atomic E-state index is -0.626. The zero-order valence-corrected chi connectivity index (χ0v) is 31.7. The third kappa shape index (κ3) is 29.2. The van der Waals surface area contributed by atoms with Gasteiger partial charge in [0.05, 0.1) is 12.5 Å². The van der Waals surface area contributed by atoms with Gasteiger partial charge < -0.3 is 9.84 Å². The molecule has 3 heteroatoms. The summed E-state index contributed by atoms with van der Waals surface area (Å²) in [6, 6.07) is 8.36.